The molecule has 0 aliphatic heterocycles. The van der Waals surface area contributed by atoms with Gasteiger partial charge in [-0.2, -0.15) is 0 Å². The van der Waals surface area contributed by atoms with E-state index in [2.05, 4.69) is 38.8 Å². The average molecular weight is 801 g/mol. The van der Waals surface area contributed by atoms with Crippen LogP contribution in [0, 0.1) is 0 Å². The summed E-state index contributed by atoms with van der Waals surface area (Å²) in [4.78, 5) is 120. The topological polar surface area (TPSA) is 324 Å². The number of amides is 5. The third-order valence-corrected chi connectivity index (χ3v) is 8.51. The van der Waals surface area contributed by atoms with Crippen LogP contribution in [0.1, 0.15) is 124 Å². The zero-order chi connectivity index (χ0) is 42.6. The Kier molecular flexibility index (Phi) is 26.5. The van der Waals surface area contributed by atoms with Crippen molar-refractivity contribution in [1.29, 1.82) is 0 Å². The number of hydrogen-bond donors (Lipinski definition) is 10. The van der Waals surface area contributed by atoms with Crippen LogP contribution in [-0.4, -0.2) is 123 Å². The summed E-state index contributed by atoms with van der Waals surface area (Å²) in [6.07, 6.45) is 2.92. The van der Waals surface area contributed by atoms with Crippen LogP contribution in [0.4, 0.5) is 0 Å². The first-order valence-corrected chi connectivity index (χ1v) is 19.0. The lowest BCUT2D eigenvalue weighted by Crippen LogP contribution is -2.45. The van der Waals surface area contributed by atoms with Gasteiger partial charge in [0.1, 0.15) is 30.0 Å². The van der Waals surface area contributed by atoms with Gasteiger partial charge in [0.15, 0.2) is 0 Å². The molecule has 0 aromatic carbocycles. The molecule has 5 unspecified atom stereocenters. The predicted octanol–water partition coefficient (Wildman–Crippen LogP) is 0.209. The van der Waals surface area contributed by atoms with E-state index in [1.165, 1.54) is 0 Å². The number of rotatable bonds is 33. The third kappa shape index (κ3) is 24.3. The number of ketones is 1. The Balaban J connectivity index is 4.80. The molecule has 5 amide bonds. The highest BCUT2D eigenvalue weighted by Gasteiger charge is 2.27. The first-order chi connectivity index (χ1) is 26.4. The summed E-state index contributed by atoms with van der Waals surface area (Å²) in [7, 11) is 0. The highest BCUT2D eigenvalue weighted by molar-refractivity contribution is 5.88. The van der Waals surface area contributed by atoms with Crippen molar-refractivity contribution in [1.82, 2.24) is 31.9 Å². The molecule has 0 rings (SSSR count). The van der Waals surface area contributed by atoms with E-state index in [1.54, 1.807) is 0 Å². The maximum absolute atomic E-state index is 12.6. The standard InChI is InChI=1S/C36H60N6O14/c1-4-6-7-11-28(44)23(37-20-5-2)10-8-9-21-38-29(45)16-12-25(34(51)52)40-31(47)18-14-27(36(55)56)42-32(48)19-15-26(35(53)54)41-30(46)17-13-24(33(49)50)39-22(3)43/h23-27,37H,4-21H2,1-3H3,(H,38,45)(H,39,43)(H,40,47)(H,41,46)(H,42,48)(H,49,50)(H,51,52)(H,53,54)(H,55,56). The van der Waals surface area contributed by atoms with E-state index < -0.39 is 110 Å². The fraction of sp³-hybridized carbons (Fsp3) is 0.722. The third-order valence-electron chi connectivity index (χ3n) is 8.51. The highest BCUT2D eigenvalue weighted by atomic mass is 16.4. The molecule has 10 N–H and O–H groups in total. The van der Waals surface area contributed by atoms with Gasteiger partial charge in [0, 0.05) is 45.6 Å². The number of Topliss-reactive ketones (excluding diaryl/α,β-unsaturated/α-hetero) is 1. The molecular weight excluding hydrogens is 740 g/mol. The summed E-state index contributed by atoms with van der Waals surface area (Å²) < 4.78 is 0. The zero-order valence-corrected chi connectivity index (χ0v) is 32.5. The van der Waals surface area contributed by atoms with Crippen molar-refractivity contribution in [3.63, 3.8) is 0 Å². The van der Waals surface area contributed by atoms with Crippen LogP contribution in [0.2, 0.25) is 0 Å². The lowest BCUT2D eigenvalue weighted by molar-refractivity contribution is -0.144. The van der Waals surface area contributed by atoms with Crippen molar-refractivity contribution in [3.05, 3.63) is 0 Å². The van der Waals surface area contributed by atoms with Crippen molar-refractivity contribution in [2.24, 2.45) is 0 Å². The molecule has 5 atom stereocenters. The second-order valence-electron chi connectivity index (χ2n) is 13.4. The van der Waals surface area contributed by atoms with Gasteiger partial charge >= 0.3 is 23.9 Å². The van der Waals surface area contributed by atoms with E-state index in [0.29, 0.717) is 32.2 Å². The summed E-state index contributed by atoms with van der Waals surface area (Å²) in [6.45, 7) is 6.22. The van der Waals surface area contributed by atoms with Gasteiger partial charge in [0.25, 0.3) is 0 Å². The maximum Gasteiger partial charge on any atom is 0.326 e. The van der Waals surface area contributed by atoms with Crippen LogP contribution in [-0.2, 0) is 47.9 Å². The molecule has 0 saturated heterocycles. The first-order valence-electron chi connectivity index (χ1n) is 19.0. The van der Waals surface area contributed by atoms with Crippen LogP contribution in [0.25, 0.3) is 0 Å². The Morgan fingerprint density at radius 1 is 0.429 bits per heavy atom. The number of carboxylic acids is 4. The molecule has 0 aromatic rings. The number of carbonyl (C=O) groups is 10. The van der Waals surface area contributed by atoms with E-state index in [0.717, 1.165) is 39.2 Å². The van der Waals surface area contributed by atoms with Crippen LogP contribution in [0.3, 0.4) is 0 Å². The quantitative estimate of drug-likeness (QED) is 0.0397. The molecular formula is C36H60N6O14. The van der Waals surface area contributed by atoms with Crippen molar-refractivity contribution in [2.45, 2.75) is 154 Å². The molecule has 0 saturated carbocycles. The number of unbranched alkanes of at least 4 members (excludes halogenated alkanes) is 3. The predicted molar refractivity (Wildman–Crippen MR) is 199 cm³/mol. The largest absolute Gasteiger partial charge is 0.480 e. The zero-order valence-electron chi connectivity index (χ0n) is 32.5. The van der Waals surface area contributed by atoms with E-state index in [-0.39, 0.29) is 31.1 Å². The van der Waals surface area contributed by atoms with Crippen molar-refractivity contribution in [3.8, 4) is 0 Å². The molecule has 0 spiro atoms. The lowest BCUT2D eigenvalue weighted by Gasteiger charge is -2.18. The van der Waals surface area contributed by atoms with E-state index >= 15 is 0 Å². The van der Waals surface area contributed by atoms with Gasteiger partial charge in [-0.1, -0.05) is 26.7 Å². The summed E-state index contributed by atoms with van der Waals surface area (Å²) in [5.74, 6) is -9.42. The van der Waals surface area contributed by atoms with E-state index in [4.69, 9.17) is 5.11 Å². The summed E-state index contributed by atoms with van der Waals surface area (Å²) in [5.41, 5.74) is 0. The van der Waals surface area contributed by atoms with Crippen LogP contribution in [0.15, 0.2) is 0 Å². The Hall–Kier alpha value is -5.14. The second kappa shape index (κ2) is 29.2. The fourth-order valence-corrected chi connectivity index (χ4v) is 5.38. The Morgan fingerprint density at radius 3 is 1.21 bits per heavy atom. The van der Waals surface area contributed by atoms with Gasteiger partial charge in [-0.05, 0) is 64.3 Å². The van der Waals surface area contributed by atoms with E-state index in [1.807, 2.05) is 6.92 Å². The minimum Gasteiger partial charge on any atom is -0.480 e. The van der Waals surface area contributed by atoms with Crippen LogP contribution >= 0.6 is 0 Å². The SMILES string of the molecule is CCCCCC(=O)C(CCCCNC(=O)CCC(NC(=O)CCC(NC(=O)CCC(NC(=O)CCC(NC(C)=O)C(=O)O)C(=O)O)C(=O)O)C(=O)O)NCCC. The van der Waals surface area contributed by atoms with Gasteiger partial charge in [-0.3, -0.25) is 28.8 Å². The second-order valence-corrected chi connectivity index (χ2v) is 13.4. The molecule has 0 aromatic heterocycles. The summed E-state index contributed by atoms with van der Waals surface area (Å²) in [6, 6.07) is -6.29. The van der Waals surface area contributed by atoms with Crippen molar-refractivity contribution >= 4 is 59.2 Å². The van der Waals surface area contributed by atoms with Crippen LogP contribution in [0.5, 0.6) is 0 Å². The normalized spacial score (nSPS) is 13.5. The van der Waals surface area contributed by atoms with Gasteiger partial charge in [-0.15, -0.1) is 0 Å². The van der Waals surface area contributed by atoms with E-state index in [9.17, 15) is 63.3 Å². The Bertz CT molecular complexity index is 1340. The van der Waals surface area contributed by atoms with Gasteiger partial charge in [0.2, 0.25) is 29.5 Å². The molecule has 0 radical (unpaired) electrons. The fourth-order valence-electron chi connectivity index (χ4n) is 5.38. The molecule has 0 bridgehead atoms. The van der Waals surface area contributed by atoms with Crippen LogP contribution < -0.4 is 31.9 Å². The van der Waals surface area contributed by atoms with Gasteiger partial charge < -0.3 is 52.3 Å². The average Bonchev–Trinajstić information content (AvgIpc) is 3.12. The maximum atomic E-state index is 12.6. The molecule has 0 heterocycles. The number of carbonyl (C=O) groups excluding carboxylic acids is 6. The number of aliphatic carboxylic acids is 4. The minimum atomic E-state index is -1.61. The molecule has 0 fully saturated rings. The Labute approximate surface area is 326 Å². The lowest BCUT2D eigenvalue weighted by atomic mass is 10.0. The first kappa shape index (κ1) is 50.9. The number of carboxylic acid groups (broad SMARTS) is 4. The minimum absolute atomic E-state index is 0.182. The smallest absolute Gasteiger partial charge is 0.326 e. The summed E-state index contributed by atoms with van der Waals surface area (Å²) in [5, 5.41) is 52.3. The van der Waals surface area contributed by atoms with Gasteiger partial charge in [0.05, 0.1) is 6.04 Å². The molecule has 20 heteroatoms. The molecule has 20 nitrogen and oxygen atoms in total. The van der Waals surface area contributed by atoms with Gasteiger partial charge in [-0.25, -0.2) is 19.2 Å². The molecule has 56 heavy (non-hydrogen) atoms. The monoisotopic (exact) mass is 800 g/mol. The Morgan fingerprint density at radius 2 is 0.839 bits per heavy atom. The summed E-state index contributed by atoms with van der Waals surface area (Å²) >= 11 is 0. The number of hydrogen-bond acceptors (Lipinski definition) is 11. The number of nitrogens with one attached hydrogen (secondary N) is 6. The highest BCUT2D eigenvalue weighted by Crippen LogP contribution is 2.09. The molecule has 318 valence electrons. The molecule has 0 aliphatic rings. The van der Waals surface area contributed by atoms with Crippen molar-refractivity contribution in [2.75, 3.05) is 13.1 Å². The van der Waals surface area contributed by atoms with Crippen molar-refractivity contribution < 1.29 is 68.4 Å². The molecule has 0 aliphatic carbocycles.